The predicted octanol–water partition coefficient (Wildman–Crippen LogP) is 6.92. The molecule has 0 spiro atoms. The molecule has 0 saturated carbocycles. The first-order valence-corrected chi connectivity index (χ1v) is 12.7. The van der Waals surface area contributed by atoms with Gasteiger partial charge in [0.25, 0.3) is 0 Å². The maximum absolute atomic E-state index is 10.8. The molecule has 0 bridgehead atoms. The number of fused-ring (bicyclic) bond motifs is 2. The second kappa shape index (κ2) is 10.7. The fraction of sp³-hybridized carbons (Fsp3) is 0.161. The lowest BCUT2D eigenvalue weighted by Crippen LogP contribution is -2.00. The first kappa shape index (κ1) is 23.6. The summed E-state index contributed by atoms with van der Waals surface area (Å²) in [6.45, 7) is 0.215. The average molecular weight is 503 g/mol. The number of para-hydroxylation sites is 1. The van der Waals surface area contributed by atoms with Crippen LogP contribution in [0.3, 0.4) is 0 Å². The van der Waals surface area contributed by atoms with Gasteiger partial charge in [-0.3, -0.25) is 0 Å². The van der Waals surface area contributed by atoms with E-state index >= 15 is 0 Å². The van der Waals surface area contributed by atoms with Crippen molar-refractivity contribution in [1.29, 1.82) is 0 Å². The molecule has 6 rings (SSSR count). The number of aromatic nitrogens is 4. The third kappa shape index (κ3) is 4.66. The van der Waals surface area contributed by atoms with Crippen LogP contribution in [0.25, 0.3) is 44.2 Å². The molecule has 0 atom stereocenters. The first-order chi connectivity index (χ1) is 18.8. The summed E-state index contributed by atoms with van der Waals surface area (Å²) in [7, 11) is 0. The number of tetrazole rings is 1. The van der Waals surface area contributed by atoms with Crippen LogP contribution in [0, 0.1) is 0 Å². The third-order valence-corrected chi connectivity index (χ3v) is 6.75. The molecule has 0 aliphatic carbocycles. The van der Waals surface area contributed by atoms with Gasteiger partial charge < -0.3 is 13.9 Å². The van der Waals surface area contributed by atoms with E-state index in [2.05, 4.69) is 63.1 Å². The molecule has 2 aromatic heterocycles. The molecule has 0 aliphatic heterocycles. The van der Waals surface area contributed by atoms with Crippen LogP contribution in [0.2, 0.25) is 0 Å². The summed E-state index contributed by atoms with van der Waals surface area (Å²) in [6, 6.07) is 28.9. The lowest BCUT2D eigenvalue weighted by Gasteiger charge is -2.15. The number of hydrogen-bond donors (Lipinski definition) is 1. The Kier molecular flexibility index (Phi) is 6.64. The van der Waals surface area contributed by atoms with Gasteiger partial charge >= 0.3 is 0 Å². The minimum atomic E-state index is 0.215. The quantitative estimate of drug-likeness (QED) is 0.161. The molecular weight excluding hydrogens is 476 g/mol. The lowest BCUT2D eigenvalue weighted by atomic mass is 9.94. The lowest BCUT2D eigenvalue weighted by molar-refractivity contribution is -0.107. The van der Waals surface area contributed by atoms with E-state index in [0.717, 1.165) is 75.5 Å². The van der Waals surface area contributed by atoms with Gasteiger partial charge in [-0.2, -0.15) is 5.21 Å². The summed E-state index contributed by atoms with van der Waals surface area (Å²) >= 11 is 0. The van der Waals surface area contributed by atoms with Crippen LogP contribution in [-0.2, 0) is 17.8 Å². The third-order valence-electron chi connectivity index (χ3n) is 6.75. The highest BCUT2D eigenvalue weighted by Gasteiger charge is 2.18. The molecule has 0 amide bonds. The minimum absolute atomic E-state index is 0.215. The summed E-state index contributed by atoms with van der Waals surface area (Å²) < 4.78 is 12.5. The molecule has 0 radical (unpaired) electrons. The molecule has 2 heterocycles. The highest BCUT2D eigenvalue weighted by molar-refractivity contribution is 6.02. The number of furan rings is 1. The Balaban J connectivity index is 1.43. The molecule has 1 N–H and O–H groups in total. The number of aryl methyl sites for hydroxylation is 1. The Morgan fingerprint density at radius 1 is 0.868 bits per heavy atom. The number of H-pyrrole nitrogens is 1. The van der Waals surface area contributed by atoms with Gasteiger partial charge in [-0.15, -0.1) is 10.2 Å². The smallest absolute Gasteiger partial charge is 0.211 e. The van der Waals surface area contributed by atoms with Gasteiger partial charge in [0, 0.05) is 28.5 Å². The van der Waals surface area contributed by atoms with Crippen molar-refractivity contribution in [3.63, 3.8) is 0 Å². The van der Waals surface area contributed by atoms with E-state index in [4.69, 9.17) is 9.15 Å². The summed E-state index contributed by atoms with van der Waals surface area (Å²) in [5, 5.41) is 17.4. The van der Waals surface area contributed by atoms with Crippen molar-refractivity contribution in [3.05, 3.63) is 96.3 Å². The van der Waals surface area contributed by atoms with Crippen LogP contribution < -0.4 is 4.74 Å². The number of carbonyl (C=O) groups is 1. The minimum Gasteiger partial charge on any atom is -0.485 e. The van der Waals surface area contributed by atoms with Gasteiger partial charge in [0.1, 0.15) is 23.4 Å². The number of ether oxygens (including phenoxy) is 1. The van der Waals surface area contributed by atoms with Crippen LogP contribution in [0.4, 0.5) is 0 Å². The van der Waals surface area contributed by atoms with Gasteiger partial charge in [0.2, 0.25) is 5.82 Å². The van der Waals surface area contributed by atoms with Crippen molar-refractivity contribution in [3.8, 4) is 28.2 Å². The van der Waals surface area contributed by atoms with Crippen LogP contribution in [0.15, 0.2) is 89.3 Å². The van der Waals surface area contributed by atoms with Gasteiger partial charge in [-0.05, 0) is 53.8 Å². The predicted molar refractivity (Wildman–Crippen MR) is 147 cm³/mol. The molecule has 0 fully saturated rings. The normalized spacial score (nSPS) is 11.3. The molecule has 0 aliphatic rings. The number of nitrogens with one attached hydrogen (secondary N) is 1. The number of nitrogens with zero attached hydrogens (tertiary/aromatic N) is 3. The highest BCUT2D eigenvalue weighted by atomic mass is 16.5. The van der Waals surface area contributed by atoms with Crippen molar-refractivity contribution in [2.24, 2.45) is 0 Å². The zero-order chi connectivity index (χ0) is 25.7. The van der Waals surface area contributed by atoms with E-state index < -0.39 is 0 Å². The molecule has 188 valence electrons. The Hall–Kier alpha value is -4.78. The van der Waals surface area contributed by atoms with Gasteiger partial charge in [-0.25, -0.2) is 0 Å². The second-order valence-electron chi connectivity index (χ2n) is 9.18. The molecule has 7 heteroatoms. The molecule has 0 unspecified atom stereocenters. The summed E-state index contributed by atoms with van der Waals surface area (Å²) in [5.74, 6) is 2.13. The number of aldehydes is 1. The maximum atomic E-state index is 10.8. The molecule has 38 heavy (non-hydrogen) atoms. The molecule has 7 nitrogen and oxygen atoms in total. The summed E-state index contributed by atoms with van der Waals surface area (Å²) in [6.07, 6.45) is 4.23. The Labute approximate surface area is 219 Å². The van der Waals surface area contributed by atoms with E-state index in [1.165, 1.54) is 5.56 Å². The number of unbranched alkanes of at least 4 members (excludes halogenated alkanes) is 2. The van der Waals surface area contributed by atoms with E-state index in [9.17, 15) is 4.79 Å². The van der Waals surface area contributed by atoms with Gasteiger partial charge in [0.05, 0.1) is 0 Å². The van der Waals surface area contributed by atoms with Crippen molar-refractivity contribution in [1.82, 2.24) is 20.6 Å². The van der Waals surface area contributed by atoms with E-state index in [1.807, 2.05) is 42.5 Å². The maximum Gasteiger partial charge on any atom is 0.211 e. The Morgan fingerprint density at radius 3 is 2.58 bits per heavy atom. The van der Waals surface area contributed by atoms with Crippen molar-refractivity contribution in [2.75, 3.05) is 0 Å². The van der Waals surface area contributed by atoms with E-state index in [0.29, 0.717) is 12.2 Å². The molecule has 6 aromatic rings. The molecular formula is C31H26N4O3. The summed E-state index contributed by atoms with van der Waals surface area (Å²) in [5.41, 5.74) is 5.17. The van der Waals surface area contributed by atoms with Crippen LogP contribution in [0.1, 0.15) is 30.7 Å². The first-order valence-electron chi connectivity index (χ1n) is 12.7. The highest BCUT2D eigenvalue weighted by Crippen LogP contribution is 2.41. The largest absolute Gasteiger partial charge is 0.485 e. The SMILES string of the molecule is O=CCCCCc1c(-c2ccc3c(-c4ccccc4)c(OCc4nn[nH]n4)ccc3c2)oc2ccccc12. The zero-order valence-corrected chi connectivity index (χ0v) is 20.8. The number of benzene rings is 4. The number of hydrogen-bond acceptors (Lipinski definition) is 6. The number of rotatable bonds is 10. The fourth-order valence-corrected chi connectivity index (χ4v) is 4.97. The monoisotopic (exact) mass is 502 g/mol. The van der Waals surface area contributed by atoms with Crippen LogP contribution in [-0.4, -0.2) is 26.9 Å². The van der Waals surface area contributed by atoms with E-state index in [-0.39, 0.29) is 6.61 Å². The average Bonchev–Trinajstić information content (AvgIpc) is 3.62. The Bertz CT molecular complexity index is 1690. The van der Waals surface area contributed by atoms with Crippen molar-refractivity contribution in [2.45, 2.75) is 32.3 Å². The molecule has 4 aromatic carbocycles. The Morgan fingerprint density at radius 2 is 1.74 bits per heavy atom. The fourth-order valence-electron chi connectivity index (χ4n) is 4.97. The van der Waals surface area contributed by atoms with E-state index in [1.54, 1.807) is 0 Å². The van der Waals surface area contributed by atoms with Gasteiger partial charge in [0.15, 0.2) is 6.61 Å². The van der Waals surface area contributed by atoms with Crippen LogP contribution in [0.5, 0.6) is 5.75 Å². The second-order valence-corrected chi connectivity index (χ2v) is 9.18. The number of carbonyl (C=O) groups excluding carboxylic acids is 1. The van der Waals surface area contributed by atoms with Crippen LogP contribution >= 0.6 is 0 Å². The zero-order valence-electron chi connectivity index (χ0n) is 20.8. The number of aromatic amines is 1. The van der Waals surface area contributed by atoms with Crippen molar-refractivity contribution >= 4 is 28.0 Å². The molecule has 0 saturated heterocycles. The standard InChI is InChI=1S/C31H26N4O3/c36-18-8-2-5-12-26-25-11-6-7-13-27(25)38-31(26)23-14-16-24-22(19-23)15-17-28(37-20-29-32-34-35-33-29)30(24)21-9-3-1-4-10-21/h1,3-4,6-7,9-11,13-19H,2,5,8,12,20H2,(H,32,33,34,35). The topological polar surface area (TPSA) is 93.9 Å². The van der Waals surface area contributed by atoms with Gasteiger partial charge in [-0.1, -0.05) is 71.9 Å². The van der Waals surface area contributed by atoms with Crippen molar-refractivity contribution < 1.29 is 13.9 Å². The summed E-state index contributed by atoms with van der Waals surface area (Å²) in [4.78, 5) is 10.8.